The predicted octanol–water partition coefficient (Wildman–Crippen LogP) is 1.83. The first-order chi connectivity index (χ1) is 13.0. The van der Waals surface area contributed by atoms with Gasteiger partial charge in [0, 0.05) is 23.8 Å². The summed E-state index contributed by atoms with van der Waals surface area (Å²) in [6.07, 6.45) is 1.78. The number of amides is 1. The van der Waals surface area contributed by atoms with Crippen molar-refractivity contribution < 1.29 is 14.3 Å². The van der Waals surface area contributed by atoms with E-state index in [1.165, 1.54) is 6.07 Å². The van der Waals surface area contributed by atoms with E-state index in [0.717, 1.165) is 16.3 Å². The number of halogens is 1. The molecule has 9 heteroatoms. The summed E-state index contributed by atoms with van der Waals surface area (Å²) in [4.78, 5) is 40.4. The summed E-state index contributed by atoms with van der Waals surface area (Å²) >= 11 is 5.84. The Labute approximate surface area is 159 Å². The number of nitrogens with one attached hydrogen (secondary N) is 2. The smallest absolute Gasteiger partial charge is 0.345 e. The molecule has 0 saturated heterocycles. The van der Waals surface area contributed by atoms with Crippen LogP contribution in [0, 0.1) is 0 Å². The number of benzene rings is 1. The predicted molar refractivity (Wildman–Crippen MR) is 99.3 cm³/mol. The number of aromatic amines is 1. The van der Waals surface area contributed by atoms with Crippen molar-refractivity contribution in [3.63, 3.8) is 0 Å². The van der Waals surface area contributed by atoms with E-state index in [1.807, 2.05) is 12.1 Å². The molecular formula is C18H17ClN4O4. The van der Waals surface area contributed by atoms with Crippen LogP contribution >= 0.6 is 11.6 Å². The number of fused-ring (bicyclic) bond motifs is 1. The van der Waals surface area contributed by atoms with Crippen LogP contribution in [0.4, 0.5) is 0 Å². The summed E-state index contributed by atoms with van der Waals surface area (Å²) in [7, 11) is 0. The normalized spacial score (nSPS) is 10.7. The second-order valence-corrected chi connectivity index (χ2v) is 6.13. The number of ether oxygens (including phenoxy) is 1. The maximum atomic E-state index is 12.4. The molecule has 2 heterocycles. The number of carbonyl (C=O) groups is 2. The molecular weight excluding hydrogens is 372 g/mol. The number of H-pyrrole nitrogens is 1. The van der Waals surface area contributed by atoms with Crippen LogP contribution < -0.4 is 10.9 Å². The Morgan fingerprint density at radius 1 is 1.30 bits per heavy atom. The average molecular weight is 389 g/mol. The van der Waals surface area contributed by atoms with Crippen molar-refractivity contribution in [2.45, 2.75) is 13.3 Å². The van der Waals surface area contributed by atoms with Crippen LogP contribution in [-0.4, -0.2) is 39.6 Å². The van der Waals surface area contributed by atoms with Crippen LogP contribution in [0.3, 0.4) is 0 Å². The van der Waals surface area contributed by atoms with Gasteiger partial charge in [0.25, 0.3) is 11.5 Å². The standard InChI is InChI=1S/C18H17ClN4O4/c1-2-27-18(26)13-10-21-15-9-14(22-23(15)17(13)25)16(24)20-8-7-11-3-5-12(19)6-4-11/h3-6,9-10,22H,2,7-8H2,1H3,(H,20,24). The molecule has 8 nitrogen and oxygen atoms in total. The van der Waals surface area contributed by atoms with Crippen LogP contribution in [0.1, 0.15) is 33.3 Å². The van der Waals surface area contributed by atoms with Gasteiger partial charge in [-0.1, -0.05) is 23.7 Å². The zero-order valence-corrected chi connectivity index (χ0v) is 15.2. The van der Waals surface area contributed by atoms with Gasteiger partial charge in [0.15, 0.2) is 5.65 Å². The molecule has 0 aliphatic carbocycles. The molecule has 0 bridgehead atoms. The van der Waals surface area contributed by atoms with Gasteiger partial charge in [-0.15, -0.1) is 0 Å². The Morgan fingerprint density at radius 3 is 2.74 bits per heavy atom. The van der Waals surface area contributed by atoms with Crippen LogP contribution in [0.25, 0.3) is 5.65 Å². The van der Waals surface area contributed by atoms with E-state index in [0.29, 0.717) is 18.0 Å². The van der Waals surface area contributed by atoms with Crippen molar-refractivity contribution in [1.29, 1.82) is 0 Å². The monoisotopic (exact) mass is 388 g/mol. The number of hydrogen-bond donors (Lipinski definition) is 2. The summed E-state index contributed by atoms with van der Waals surface area (Å²) in [5.74, 6) is -1.14. The molecule has 0 saturated carbocycles. The third-order valence-electron chi connectivity index (χ3n) is 3.85. The van der Waals surface area contributed by atoms with Gasteiger partial charge in [-0.25, -0.2) is 14.3 Å². The number of hydrogen-bond acceptors (Lipinski definition) is 5. The summed E-state index contributed by atoms with van der Waals surface area (Å²) in [5, 5.41) is 6.08. The molecule has 2 N–H and O–H groups in total. The molecule has 0 atom stereocenters. The van der Waals surface area contributed by atoms with Gasteiger partial charge in [0.2, 0.25) is 0 Å². The number of carbonyl (C=O) groups excluding carboxylic acids is 2. The van der Waals surface area contributed by atoms with Gasteiger partial charge in [-0.05, 0) is 31.0 Å². The number of nitrogens with zero attached hydrogens (tertiary/aromatic N) is 2. The maximum Gasteiger partial charge on any atom is 0.345 e. The lowest BCUT2D eigenvalue weighted by Crippen LogP contribution is -2.27. The molecule has 140 valence electrons. The first-order valence-corrected chi connectivity index (χ1v) is 8.68. The number of aromatic nitrogens is 3. The van der Waals surface area contributed by atoms with Crippen molar-refractivity contribution in [1.82, 2.24) is 19.9 Å². The van der Waals surface area contributed by atoms with E-state index in [9.17, 15) is 14.4 Å². The first-order valence-electron chi connectivity index (χ1n) is 8.30. The zero-order chi connectivity index (χ0) is 19.4. The molecule has 0 aliphatic heterocycles. The van der Waals surface area contributed by atoms with Crippen molar-refractivity contribution in [2.24, 2.45) is 0 Å². The number of rotatable bonds is 6. The zero-order valence-electron chi connectivity index (χ0n) is 14.5. The molecule has 3 rings (SSSR count). The Bertz CT molecular complexity index is 1040. The van der Waals surface area contributed by atoms with Crippen LogP contribution in [0.5, 0.6) is 0 Å². The quantitative estimate of drug-likeness (QED) is 0.626. The summed E-state index contributed by atoms with van der Waals surface area (Å²) < 4.78 is 5.86. The minimum absolute atomic E-state index is 0.146. The van der Waals surface area contributed by atoms with E-state index in [1.54, 1.807) is 19.1 Å². The molecule has 1 amide bonds. The van der Waals surface area contributed by atoms with Gasteiger partial charge in [-0.2, -0.15) is 0 Å². The lowest BCUT2D eigenvalue weighted by atomic mass is 10.1. The second-order valence-electron chi connectivity index (χ2n) is 5.69. The fraction of sp³-hybridized carbons (Fsp3) is 0.222. The van der Waals surface area contributed by atoms with Gasteiger partial charge < -0.3 is 10.1 Å². The highest BCUT2D eigenvalue weighted by Gasteiger charge is 2.17. The summed E-state index contributed by atoms with van der Waals surface area (Å²) in [6.45, 7) is 2.20. The Kier molecular flexibility index (Phi) is 5.56. The molecule has 0 fully saturated rings. The molecule has 3 aromatic rings. The van der Waals surface area contributed by atoms with Gasteiger partial charge in [-0.3, -0.25) is 14.7 Å². The minimum Gasteiger partial charge on any atom is -0.462 e. The Hall–Kier alpha value is -3.13. The van der Waals surface area contributed by atoms with Gasteiger partial charge >= 0.3 is 5.97 Å². The fourth-order valence-electron chi connectivity index (χ4n) is 2.49. The first kappa shape index (κ1) is 18.7. The molecule has 0 radical (unpaired) electrons. The molecule has 1 aromatic carbocycles. The van der Waals surface area contributed by atoms with Crippen molar-refractivity contribution in [2.75, 3.05) is 13.2 Å². The molecule has 0 spiro atoms. The third-order valence-corrected chi connectivity index (χ3v) is 4.10. The van der Waals surface area contributed by atoms with Gasteiger partial charge in [0.05, 0.1) is 6.61 Å². The Balaban J connectivity index is 1.71. The van der Waals surface area contributed by atoms with E-state index in [-0.39, 0.29) is 29.4 Å². The van der Waals surface area contributed by atoms with Gasteiger partial charge in [0.1, 0.15) is 11.3 Å². The van der Waals surface area contributed by atoms with Crippen LogP contribution in [0.2, 0.25) is 5.02 Å². The fourth-order valence-corrected chi connectivity index (χ4v) is 2.62. The maximum absolute atomic E-state index is 12.4. The second kappa shape index (κ2) is 8.05. The highest BCUT2D eigenvalue weighted by molar-refractivity contribution is 6.30. The Morgan fingerprint density at radius 2 is 2.04 bits per heavy atom. The van der Waals surface area contributed by atoms with E-state index >= 15 is 0 Å². The molecule has 2 aromatic heterocycles. The van der Waals surface area contributed by atoms with Crippen LogP contribution in [-0.2, 0) is 11.2 Å². The summed E-state index contributed by atoms with van der Waals surface area (Å²) in [6, 6.07) is 8.79. The van der Waals surface area contributed by atoms with Crippen LogP contribution in [0.15, 0.2) is 41.3 Å². The lowest BCUT2D eigenvalue weighted by Gasteiger charge is -2.04. The highest BCUT2D eigenvalue weighted by atomic mass is 35.5. The SMILES string of the molecule is CCOC(=O)c1cnc2cc(C(=O)NCCc3ccc(Cl)cc3)[nH]n2c1=O. The van der Waals surface area contributed by atoms with E-state index in [2.05, 4.69) is 15.4 Å². The van der Waals surface area contributed by atoms with Crippen molar-refractivity contribution in [3.05, 3.63) is 68.7 Å². The topological polar surface area (TPSA) is 106 Å². The highest BCUT2D eigenvalue weighted by Crippen LogP contribution is 2.09. The minimum atomic E-state index is -0.757. The summed E-state index contributed by atoms with van der Waals surface area (Å²) in [5.41, 5.74) is 0.602. The molecule has 0 unspecified atom stereocenters. The van der Waals surface area contributed by atoms with E-state index in [4.69, 9.17) is 16.3 Å². The third kappa shape index (κ3) is 4.17. The largest absolute Gasteiger partial charge is 0.462 e. The average Bonchev–Trinajstić information content (AvgIpc) is 3.09. The number of esters is 1. The lowest BCUT2D eigenvalue weighted by molar-refractivity contribution is 0.0523. The van der Waals surface area contributed by atoms with Crippen molar-refractivity contribution in [3.8, 4) is 0 Å². The molecule has 0 aliphatic rings. The van der Waals surface area contributed by atoms with E-state index < -0.39 is 11.5 Å². The van der Waals surface area contributed by atoms with Crippen molar-refractivity contribution >= 4 is 29.1 Å². The molecule has 27 heavy (non-hydrogen) atoms.